The molecular weight excluding hydrogens is 236 g/mol. The predicted molar refractivity (Wildman–Crippen MR) is 69.1 cm³/mol. The molecule has 1 fully saturated rings. The van der Waals surface area contributed by atoms with Gasteiger partial charge >= 0.3 is 0 Å². The summed E-state index contributed by atoms with van der Waals surface area (Å²) < 4.78 is 5.70. The minimum atomic E-state index is 0.734. The van der Waals surface area contributed by atoms with Crippen molar-refractivity contribution in [1.29, 1.82) is 0 Å². The molecule has 1 aromatic rings. The molecule has 94 valence electrons. The van der Waals surface area contributed by atoms with Crippen molar-refractivity contribution in [3.8, 4) is 5.75 Å². The molecule has 0 atom stereocenters. The van der Waals surface area contributed by atoms with Gasteiger partial charge in [0, 0.05) is 5.02 Å². The van der Waals surface area contributed by atoms with Crippen molar-refractivity contribution in [2.75, 3.05) is 46.4 Å². The quantitative estimate of drug-likeness (QED) is 0.717. The molecule has 1 saturated heterocycles. The van der Waals surface area contributed by atoms with Gasteiger partial charge in [-0.25, -0.2) is 0 Å². The summed E-state index contributed by atoms with van der Waals surface area (Å²) in [6.45, 7) is 6.91. The van der Waals surface area contributed by atoms with Crippen molar-refractivity contribution in [2.24, 2.45) is 0 Å². The number of benzene rings is 1. The number of likely N-dealkylation sites (N-methyl/N-ethyl adjacent to an activating group) is 1. The number of ether oxygens (including phenoxy) is 1. The molecule has 0 aromatic heterocycles. The van der Waals surface area contributed by atoms with Gasteiger partial charge in [0.05, 0.1) is 7.05 Å². The van der Waals surface area contributed by atoms with Crippen molar-refractivity contribution >= 4 is 11.6 Å². The number of piperazine rings is 1. The van der Waals surface area contributed by atoms with Gasteiger partial charge in [-0.05, 0) is 18.2 Å². The smallest absolute Gasteiger partial charge is 0.137 e. The van der Waals surface area contributed by atoms with E-state index in [0.717, 1.165) is 23.9 Å². The zero-order chi connectivity index (χ0) is 12.1. The molecule has 0 spiro atoms. The summed E-state index contributed by atoms with van der Waals surface area (Å²) in [7, 11) is 2.26. The maximum atomic E-state index is 5.90. The van der Waals surface area contributed by atoms with E-state index in [4.69, 9.17) is 16.3 Å². The van der Waals surface area contributed by atoms with E-state index in [9.17, 15) is 0 Å². The summed E-state index contributed by atoms with van der Waals surface area (Å²) in [6, 6.07) is 7.60. The standard InChI is InChI=1S/C13H19ClN2O/c1-15-5-7-16(8-6-15)9-10-17-13-4-2-3-12(14)11-13/h2-4,11H,5-10H2,1H3/p+2. The van der Waals surface area contributed by atoms with Crippen molar-refractivity contribution in [2.45, 2.75) is 0 Å². The van der Waals surface area contributed by atoms with Crippen LogP contribution in [0, 0.1) is 0 Å². The van der Waals surface area contributed by atoms with Gasteiger partial charge in [0.25, 0.3) is 0 Å². The maximum absolute atomic E-state index is 5.90. The lowest BCUT2D eigenvalue weighted by Gasteiger charge is -2.27. The largest absolute Gasteiger partial charge is 0.488 e. The van der Waals surface area contributed by atoms with E-state index < -0.39 is 0 Å². The van der Waals surface area contributed by atoms with Crippen LogP contribution in [0.2, 0.25) is 5.02 Å². The molecular formula is C13H21ClN2O+2. The molecule has 1 aromatic carbocycles. The summed E-state index contributed by atoms with van der Waals surface area (Å²) in [5.41, 5.74) is 0. The molecule has 0 amide bonds. The fourth-order valence-electron chi connectivity index (χ4n) is 2.15. The molecule has 3 nitrogen and oxygen atoms in total. The Morgan fingerprint density at radius 2 is 2.00 bits per heavy atom. The summed E-state index contributed by atoms with van der Waals surface area (Å²) in [4.78, 5) is 3.29. The van der Waals surface area contributed by atoms with Crippen LogP contribution >= 0.6 is 11.6 Å². The van der Waals surface area contributed by atoms with E-state index in [0.29, 0.717) is 0 Å². The highest BCUT2D eigenvalue weighted by atomic mass is 35.5. The summed E-state index contributed by atoms with van der Waals surface area (Å²) in [5.74, 6) is 0.872. The van der Waals surface area contributed by atoms with E-state index in [1.807, 2.05) is 24.3 Å². The van der Waals surface area contributed by atoms with E-state index >= 15 is 0 Å². The molecule has 0 radical (unpaired) electrons. The number of quaternary nitrogens is 2. The third kappa shape index (κ3) is 4.19. The third-order valence-corrected chi connectivity index (χ3v) is 3.57. The van der Waals surface area contributed by atoms with Crippen molar-refractivity contribution in [3.05, 3.63) is 29.3 Å². The monoisotopic (exact) mass is 256 g/mol. The number of hydrogen-bond acceptors (Lipinski definition) is 1. The van der Waals surface area contributed by atoms with Crippen LogP contribution in [0.15, 0.2) is 24.3 Å². The zero-order valence-electron chi connectivity index (χ0n) is 10.3. The van der Waals surface area contributed by atoms with Crippen molar-refractivity contribution in [3.63, 3.8) is 0 Å². The van der Waals surface area contributed by atoms with Gasteiger partial charge in [-0.3, -0.25) is 0 Å². The molecule has 2 N–H and O–H groups in total. The molecule has 17 heavy (non-hydrogen) atoms. The second kappa shape index (κ2) is 6.24. The molecule has 0 aliphatic carbocycles. The topological polar surface area (TPSA) is 18.1 Å². The highest BCUT2D eigenvalue weighted by Gasteiger charge is 2.19. The molecule has 4 heteroatoms. The fraction of sp³-hybridized carbons (Fsp3) is 0.538. The molecule has 1 aliphatic heterocycles. The highest BCUT2D eigenvalue weighted by Crippen LogP contribution is 2.16. The Labute approximate surface area is 108 Å². The summed E-state index contributed by atoms with van der Waals surface area (Å²) >= 11 is 5.90. The normalized spacial score (nSPS) is 24.6. The van der Waals surface area contributed by atoms with Crippen molar-refractivity contribution < 1.29 is 14.5 Å². The maximum Gasteiger partial charge on any atom is 0.137 e. The Morgan fingerprint density at radius 1 is 1.24 bits per heavy atom. The average molecular weight is 257 g/mol. The summed E-state index contributed by atoms with van der Waals surface area (Å²) in [6.07, 6.45) is 0. The second-order valence-corrected chi connectivity index (χ2v) is 5.20. The number of nitrogens with one attached hydrogen (secondary N) is 2. The number of halogens is 1. The Kier molecular flexibility index (Phi) is 4.66. The number of hydrogen-bond donors (Lipinski definition) is 2. The third-order valence-electron chi connectivity index (χ3n) is 3.33. The molecule has 0 saturated carbocycles. The molecule has 0 unspecified atom stereocenters. The van der Waals surface area contributed by atoms with Gasteiger partial charge in [-0.2, -0.15) is 0 Å². The highest BCUT2D eigenvalue weighted by molar-refractivity contribution is 6.30. The number of rotatable bonds is 4. The van der Waals surface area contributed by atoms with Crippen LogP contribution in [0.5, 0.6) is 5.75 Å². The minimum absolute atomic E-state index is 0.734. The van der Waals surface area contributed by atoms with Gasteiger partial charge in [0.2, 0.25) is 0 Å². The van der Waals surface area contributed by atoms with E-state index in [-0.39, 0.29) is 0 Å². The predicted octanol–water partition coefficient (Wildman–Crippen LogP) is -0.868. The SMILES string of the molecule is C[NH+]1CC[NH+](CCOc2cccc(Cl)c2)CC1. The van der Waals surface area contributed by atoms with Gasteiger partial charge in [0.15, 0.2) is 0 Å². The van der Waals surface area contributed by atoms with Gasteiger partial charge in [0.1, 0.15) is 45.1 Å². The Morgan fingerprint density at radius 3 is 2.71 bits per heavy atom. The first-order valence-corrected chi connectivity index (χ1v) is 6.65. The van der Waals surface area contributed by atoms with Crippen LogP contribution < -0.4 is 14.5 Å². The fourth-order valence-corrected chi connectivity index (χ4v) is 2.33. The molecule has 0 bridgehead atoms. The molecule has 1 heterocycles. The first-order valence-electron chi connectivity index (χ1n) is 6.27. The lowest BCUT2D eigenvalue weighted by atomic mass is 10.3. The minimum Gasteiger partial charge on any atom is -0.488 e. The zero-order valence-corrected chi connectivity index (χ0v) is 11.1. The Hall–Kier alpha value is -0.770. The van der Waals surface area contributed by atoms with Gasteiger partial charge in [-0.15, -0.1) is 0 Å². The Balaban J connectivity index is 1.69. The van der Waals surface area contributed by atoms with E-state index in [2.05, 4.69) is 7.05 Å². The first kappa shape index (κ1) is 12.7. The second-order valence-electron chi connectivity index (χ2n) is 4.76. The molecule has 2 rings (SSSR count). The van der Waals surface area contributed by atoms with E-state index in [1.165, 1.54) is 26.2 Å². The van der Waals surface area contributed by atoms with Crippen LogP contribution in [0.25, 0.3) is 0 Å². The van der Waals surface area contributed by atoms with Gasteiger partial charge in [-0.1, -0.05) is 17.7 Å². The average Bonchev–Trinajstić information content (AvgIpc) is 2.32. The first-order chi connectivity index (χ1) is 8.24. The van der Waals surface area contributed by atoms with Crippen LogP contribution in [0.3, 0.4) is 0 Å². The lowest BCUT2D eigenvalue weighted by Crippen LogP contribution is -3.27. The Bertz CT molecular complexity index is 351. The van der Waals surface area contributed by atoms with E-state index in [1.54, 1.807) is 9.80 Å². The summed E-state index contributed by atoms with van der Waals surface area (Å²) in [5, 5.41) is 0.734. The lowest BCUT2D eigenvalue weighted by molar-refractivity contribution is -1.00. The molecule has 1 aliphatic rings. The van der Waals surface area contributed by atoms with Crippen LogP contribution in [0.4, 0.5) is 0 Å². The van der Waals surface area contributed by atoms with Crippen molar-refractivity contribution in [1.82, 2.24) is 0 Å². The van der Waals surface area contributed by atoms with Crippen LogP contribution in [-0.2, 0) is 0 Å². The van der Waals surface area contributed by atoms with Crippen LogP contribution in [0.1, 0.15) is 0 Å². The van der Waals surface area contributed by atoms with Crippen LogP contribution in [-0.4, -0.2) is 46.4 Å². The van der Waals surface area contributed by atoms with Gasteiger partial charge < -0.3 is 14.5 Å².